The van der Waals surface area contributed by atoms with Gasteiger partial charge in [-0.3, -0.25) is 10.1 Å². The number of nitrogens with one attached hydrogen (secondary N) is 2. The van der Waals surface area contributed by atoms with Gasteiger partial charge in [-0.05, 0) is 59.4 Å². The summed E-state index contributed by atoms with van der Waals surface area (Å²) in [5, 5.41) is 6.65. The third kappa shape index (κ3) is 4.17. The van der Waals surface area contributed by atoms with E-state index in [1.165, 1.54) is 22.2 Å². The molecule has 2 aromatic heterocycles. The van der Waals surface area contributed by atoms with Crippen LogP contribution in [0.15, 0.2) is 5.03 Å². The van der Waals surface area contributed by atoms with Crippen molar-refractivity contribution in [2.75, 3.05) is 0 Å². The second kappa shape index (κ2) is 7.15. The molecule has 3 rings (SSSR count). The van der Waals surface area contributed by atoms with Crippen LogP contribution in [-0.2, 0) is 17.6 Å². The van der Waals surface area contributed by atoms with Crippen LogP contribution in [-0.4, -0.2) is 32.7 Å². The number of thioether (sulfide) groups is 1. The number of imide groups is 1. The fourth-order valence-corrected chi connectivity index (χ4v) is 5.35. The van der Waals surface area contributed by atoms with E-state index in [-0.39, 0.29) is 5.91 Å². The first-order valence-corrected chi connectivity index (χ1v) is 10.4. The molecule has 1 aliphatic carbocycles. The van der Waals surface area contributed by atoms with Crippen molar-refractivity contribution >= 4 is 45.3 Å². The first-order chi connectivity index (χ1) is 12.1. The standard InChI is InChI=1S/C18H24N4O2S2/c1-9(14(23)21-17(24)22-18(3,4)5)25-15-13-11-7-6-8-12(11)26-16(13)20-10(2)19-15/h9H,6-8H2,1-5H3,(H2,21,22,23,24)/t9-/m0/s1. The molecule has 3 amide bonds. The Labute approximate surface area is 161 Å². The number of aromatic nitrogens is 2. The average Bonchev–Trinajstić information content (AvgIpc) is 3.04. The lowest BCUT2D eigenvalue weighted by Crippen LogP contribution is -2.49. The van der Waals surface area contributed by atoms with E-state index >= 15 is 0 Å². The molecular weight excluding hydrogens is 368 g/mol. The Morgan fingerprint density at radius 1 is 1.23 bits per heavy atom. The number of aryl methyl sites for hydroxylation is 3. The summed E-state index contributed by atoms with van der Waals surface area (Å²) in [7, 11) is 0. The smallest absolute Gasteiger partial charge is 0.321 e. The minimum absolute atomic E-state index is 0.326. The van der Waals surface area contributed by atoms with Crippen LogP contribution in [0.3, 0.4) is 0 Å². The predicted molar refractivity (Wildman–Crippen MR) is 106 cm³/mol. The summed E-state index contributed by atoms with van der Waals surface area (Å²) in [5.41, 5.74) is 0.944. The van der Waals surface area contributed by atoms with Gasteiger partial charge in [0, 0.05) is 15.8 Å². The average molecular weight is 393 g/mol. The predicted octanol–water partition coefficient (Wildman–Crippen LogP) is 3.59. The normalized spacial score (nSPS) is 15.0. The van der Waals surface area contributed by atoms with Crippen LogP contribution in [0.2, 0.25) is 0 Å². The Kier molecular flexibility index (Phi) is 5.25. The second-order valence-corrected chi connectivity index (χ2v) is 9.98. The molecule has 1 atom stereocenters. The van der Waals surface area contributed by atoms with Crippen molar-refractivity contribution in [3.63, 3.8) is 0 Å². The molecule has 0 spiro atoms. The molecule has 2 aromatic rings. The van der Waals surface area contributed by atoms with Crippen molar-refractivity contribution in [2.24, 2.45) is 0 Å². The third-order valence-electron chi connectivity index (χ3n) is 4.03. The van der Waals surface area contributed by atoms with Gasteiger partial charge >= 0.3 is 6.03 Å². The molecule has 26 heavy (non-hydrogen) atoms. The van der Waals surface area contributed by atoms with Crippen molar-refractivity contribution in [1.82, 2.24) is 20.6 Å². The molecule has 0 fully saturated rings. The van der Waals surface area contributed by atoms with E-state index in [4.69, 9.17) is 0 Å². The van der Waals surface area contributed by atoms with Gasteiger partial charge in [0.15, 0.2) is 0 Å². The van der Waals surface area contributed by atoms with Crippen LogP contribution in [0.25, 0.3) is 10.2 Å². The SMILES string of the molecule is Cc1nc(S[C@@H](C)C(=O)NC(=O)NC(C)(C)C)c2c3c(sc2n1)CCC3. The molecule has 6 nitrogen and oxygen atoms in total. The van der Waals surface area contributed by atoms with Crippen molar-refractivity contribution in [3.8, 4) is 0 Å². The largest absolute Gasteiger partial charge is 0.333 e. The number of rotatable bonds is 3. The van der Waals surface area contributed by atoms with E-state index in [1.807, 2.05) is 27.7 Å². The van der Waals surface area contributed by atoms with Crippen molar-refractivity contribution in [2.45, 2.75) is 69.7 Å². The number of carbonyl (C=O) groups is 2. The Balaban J connectivity index is 1.78. The lowest BCUT2D eigenvalue weighted by atomic mass is 10.1. The highest BCUT2D eigenvalue weighted by atomic mass is 32.2. The zero-order valence-corrected chi connectivity index (χ0v) is 17.4. The summed E-state index contributed by atoms with van der Waals surface area (Å²) in [6.45, 7) is 9.27. The quantitative estimate of drug-likeness (QED) is 0.616. The number of thiophene rings is 1. The number of nitrogens with zero attached hydrogens (tertiary/aromatic N) is 2. The maximum absolute atomic E-state index is 12.4. The first-order valence-electron chi connectivity index (χ1n) is 8.72. The number of hydrogen-bond donors (Lipinski definition) is 2. The molecule has 0 saturated heterocycles. The van der Waals surface area contributed by atoms with Gasteiger partial charge in [0.25, 0.3) is 0 Å². The lowest BCUT2D eigenvalue weighted by Gasteiger charge is -2.21. The van der Waals surface area contributed by atoms with E-state index in [0.717, 1.165) is 34.5 Å². The highest BCUT2D eigenvalue weighted by molar-refractivity contribution is 8.00. The van der Waals surface area contributed by atoms with Crippen LogP contribution in [0.1, 0.15) is 50.4 Å². The molecular formula is C18H24N4O2S2. The molecule has 0 aliphatic heterocycles. The summed E-state index contributed by atoms with van der Waals surface area (Å²) in [5.74, 6) is 0.381. The van der Waals surface area contributed by atoms with E-state index in [2.05, 4.69) is 20.6 Å². The van der Waals surface area contributed by atoms with Gasteiger partial charge in [0.2, 0.25) is 5.91 Å². The van der Waals surface area contributed by atoms with Crippen LogP contribution < -0.4 is 10.6 Å². The molecule has 140 valence electrons. The minimum atomic E-state index is -0.476. The van der Waals surface area contributed by atoms with Gasteiger partial charge < -0.3 is 5.32 Å². The van der Waals surface area contributed by atoms with Crippen molar-refractivity contribution in [1.29, 1.82) is 0 Å². The summed E-state index contributed by atoms with van der Waals surface area (Å²) >= 11 is 3.13. The van der Waals surface area contributed by atoms with Crippen LogP contribution in [0.5, 0.6) is 0 Å². The fraction of sp³-hybridized carbons (Fsp3) is 0.556. The number of hydrogen-bond acceptors (Lipinski definition) is 6. The molecule has 2 heterocycles. The molecule has 0 aromatic carbocycles. The second-order valence-electron chi connectivity index (χ2n) is 7.57. The topological polar surface area (TPSA) is 84.0 Å². The van der Waals surface area contributed by atoms with Gasteiger partial charge in [0.1, 0.15) is 15.7 Å². The Morgan fingerprint density at radius 3 is 2.65 bits per heavy atom. The molecule has 0 bridgehead atoms. The van der Waals surface area contributed by atoms with E-state index in [0.29, 0.717) is 5.82 Å². The van der Waals surface area contributed by atoms with Gasteiger partial charge in [-0.1, -0.05) is 11.8 Å². The third-order valence-corrected chi connectivity index (χ3v) is 6.30. The molecule has 0 radical (unpaired) electrons. The van der Waals surface area contributed by atoms with E-state index < -0.39 is 16.8 Å². The van der Waals surface area contributed by atoms with Gasteiger partial charge in [0.05, 0.1) is 5.25 Å². The number of fused-ring (bicyclic) bond motifs is 3. The van der Waals surface area contributed by atoms with Gasteiger partial charge in [-0.2, -0.15) is 0 Å². The number of urea groups is 1. The van der Waals surface area contributed by atoms with Crippen LogP contribution >= 0.6 is 23.1 Å². The Morgan fingerprint density at radius 2 is 1.96 bits per heavy atom. The summed E-state index contributed by atoms with van der Waals surface area (Å²) in [6.07, 6.45) is 3.31. The Hall–Kier alpha value is -1.67. The molecule has 0 saturated carbocycles. The zero-order chi connectivity index (χ0) is 19.1. The van der Waals surface area contributed by atoms with Crippen LogP contribution in [0, 0.1) is 6.92 Å². The zero-order valence-electron chi connectivity index (χ0n) is 15.7. The van der Waals surface area contributed by atoms with Gasteiger partial charge in [-0.15, -0.1) is 11.3 Å². The summed E-state index contributed by atoms with van der Waals surface area (Å²) in [6, 6.07) is -0.476. The monoisotopic (exact) mass is 392 g/mol. The molecule has 8 heteroatoms. The van der Waals surface area contributed by atoms with E-state index in [1.54, 1.807) is 18.3 Å². The van der Waals surface area contributed by atoms with E-state index in [9.17, 15) is 9.59 Å². The number of carbonyl (C=O) groups excluding carboxylic acids is 2. The molecule has 1 aliphatic rings. The van der Waals surface area contributed by atoms with Crippen molar-refractivity contribution in [3.05, 3.63) is 16.3 Å². The summed E-state index contributed by atoms with van der Waals surface area (Å²) in [4.78, 5) is 35.9. The molecule has 2 N–H and O–H groups in total. The molecule has 0 unspecified atom stereocenters. The number of amides is 3. The van der Waals surface area contributed by atoms with Crippen LogP contribution in [0.4, 0.5) is 4.79 Å². The van der Waals surface area contributed by atoms with Crippen molar-refractivity contribution < 1.29 is 9.59 Å². The lowest BCUT2D eigenvalue weighted by molar-refractivity contribution is -0.119. The summed E-state index contributed by atoms with van der Waals surface area (Å²) < 4.78 is 0. The van der Waals surface area contributed by atoms with Gasteiger partial charge in [-0.25, -0.2) is 14.8 Å². The highest BCUT2D eigenvalue weighted by Crippen LogP contribution is 2.41. The maximum Gasteiger partial charge on any atom is 0.321 e. The highest BCUT2D eigenvalue weighted by Gasteiger charge is 2.25. The fourth-order valence-electron chi connectivity index (χ4n) is 2.96. The minimum Gasteiger partial charge on any atom is -0.333 e. The first kappa shape index (κ1) is 19.1. The Bertz CT molecular complexity index is 870. The maximum atomic E-state index is 12.4.